The highest BCUT2D eigenvalue weighted by atomic mass is 35.5. The third-order valence-corrected chi connectivity index (χ3v) is 4.08. The summed E-state index contributed by atoms with van der Waals surface area (Å²) in [7, 11) is -3.53. The molecule has 2 aromatic carbocycles. The molecule has 0 aliphatic rings. The molecule has 0 aliphatic carbocycles. The molecule has 0 saturated carbocycles. The molecule has 0 radical (unpaired) electrons. The van der Waals surface area contributed by atoms with Gasteiger partial charge < -0.3 is 5.73 Å². The summed E-state index contributed by atoms with van der Waals surface area (Å²) in [5.41, 5.74) is 7.93. The van der Waals surface area contributed by atoms with Crippen LogP contribution in [-0.2, 0) is 10.0 Å². The van der Waals surface area contributed by atoms with Gasteiger partial charge in [-0.3, -0.25) is 0 Å². The smallest absolute Gasteiger partial charge is 0.238 e. The average molecular weight is 313 g/mol. The van der Waals surface area contributed by atoms with Crippen LogP contribution in [0.25, 0.3) is 0 Å². The summed E-state index contributed by atoms with van der Waals surface area (Å²) < 4.78 is 21.7. The minimum atomic E-state index is -3.53. The molecule has 0 atom stereocenters. The maximum Gasteiger partial charge on any atom is 0.238 e. The third-order valence-electron chi connectivity index (χ3n) is 2.58. The molecular weight excluding hydrogens is 296 g/mol. The number of benzene rings is 2. The monoisotopic (exact) mass is 312 g/mol. The summed E-state index contributed by atoms with van der Waals surface area (Å²) in [6, 6.07) is 12.0. The van der Waals surface area contributed by atoms with Crippen molar-refractivity contribution in [1.29, 1.82) is 0 Å². The molecule has 0 fully saturated rings. The van der Waals surface area contributed by atoms with E-state index < -0.39 is 10.0 Å². The van der Waals surface area contributed by atoms with E-state index in [1.54, 1.807) is 37.3 Å². The van der Waals surface area contributed by atoms with E-state index in [0.717, 1.165) is 16.3 Å². The first kappa shape index (κ1) is 16.5. The number of sulfonamides is 1. The van der Waals surface area contributed by atoms with Crippen molar-refractivity contribution in [3.8, 4) is 0 Å². The summed E-state index contributed by atoms with van der Waals surface area (Å²) in [6.45, 7) is 3.64. The van der Waals surface area contributed by atoms with Gasteiger partial charge in [0, 0.05) is 10.7 Å². The van der Waals surface area contributed by atoms with Gasteiger partial charge in [0.25, 0.3) is 0 Å². The van der Waals surface area contributed by atoms with Crippen LogP contribution in [0.15, 0.2) is 47.4 Å². The van der Waals surface area contributed by atoms with E-state index in [1.807, 2.05) is 13.0 Å². The number of hydrogen-bond acceptors (Lipinski definition) is 3. The van der Waals surface area contributed by atoms with Crippen LogP contribution in [0.4, 0.5) is 5.69 Å². The zero-order valence-corrected chi connectivity index (χ0v) is 12.9. The highest BCUT2D eigenvalue weighted by Gasteiger charge is 2.08. The Kier molecular flexibility index (Phi) is 5.56. The van der Waals surface area contributed by atoms with Gasteiger partial charge in [-0.05, 0) is 49.2 Å². The van der Waals surface area contributed by atoms with Crippen LogP contribution in [0.1, 0.15) is 11.1 Å². The van der Waals surface area contributed by atoms with E-state index in [0.29, 0.717) is 5.56 Å². The molecule has 0 aliphatic heterocycles. The fraction of sp³-hybridized carbons (Fsp3) is 0.143. The summed E-state index contributed by atoms with van der Waals surface area (Å²) in [5.74, 6) is 0. The largest absolute Gasteiger partial charge is 0.399 e. The molecule has 4 N–H and O–H groups in total. The lowest BCUT2D eigenvalue weighted by atomic mass is 10.2. The van der Waals surface area contributed by atoms with E-state index in [4.69, 9.17) is 22.5 Å². The number of anilines is 1. The molecule has 0 bridgehead atoms. The Balaban J connectivity index is 0.000000204. The van der Waals surface area contributed by atoms with E-state index in [1.165, 1.54) is 6.07 Å². The second-order valence-electron chi connectivity index (χ2n) is 4.32. The van der Waals surface area contributed by atoms with Gasteiger partial charge in [-0.15, -0.1) is 0 Å². The minimum Gasteiger partial charge on any atom is -0.399 e. The van der Waals surface area contributed by atoms with E-state index in [2.05, 4.69) is 0 Å². The fourth-order valence-electron chi connectivity index (χ4n) is 1.54. The van der Waals surface area contributed by atoms with Gasteiger partial charge in [0.2, 0.25) is 10.0 Å². The number of primary sulfonamides is 1. The Labute approximate surface area is 124 Å². The van der Waals surface area contributed by atoms with Crippen molar-refractivity contribution in [3.63, 3.8) is 0 Å². The first-order valence-electron chi connectivity index (χ1n) is 5.82. The lowest BCUT2D eigenvalue weighted by Gasteiger charge is -2.00. The molecule has 0 saturated heterocycles. The van der Waals surface area contributed by atoms with Crippen LogP contribution in [-0.4, -0.2) is 8.42 Å². The molecule has 0 heterocycles. The molecule has 2 rings (SSSR count). The Hall–Kier alpha value is -1.56. The zero-order valence-electron chi connectivity index (χ0n) is 11.3. The van der Waals surface area contributed by atoms with Crippen LogP contribution in [0.3, 0.4) is 0 Å². The van der Waals surface area contributed by atoms with Crippen LogP contribution in [0, 0.1) is 13.8 Å². The first-order valence-corrected chi connectivity index (χ1v) is 7.74. The summed E-state index contributed by atoms with van der Waals surface area (Å²) in [4.78, 5) is 0.194. The van der Waals surface area contributed by atoms with E-state index >= 15 is 0 Å². The minimum absolute atomic E-state index is 0.194. The van der Waals surface area contributed by atoms with Gasteiger partial charge in [0.1, 0.15) is 0 Å². The fourth-order valence-corrected chi connectivity index (χ4v) is 2.45. The molecular formula is C14H17ClN2O2S. The van der Waals surface area contributed by atoms with Crippen LogP contribution < -0.4 is 10.9 Å². The topological polar surface area (TPSA) is 86.2 Å². The molecule has 0 unspecified atom stereocenters. The Bertz CT molecular complexity index is 700. The second-order valence-corrected chi connectivity index (χ2v) is 6.26. The van der Waals surface area contributed by atoms with Crippen LogP contribution in [0.5, 0.6) is 0 Å². The lowest BCUT2D eigenvalue weighted by Crippen LogP contribution is -2.13. The van der Waals surface area contributed by atoms with Crippen molar-refractivity contribution < 1.29 is 8.42 Å². The van der Waals surface area contributed by atoms with Crippen LogP contribution in [0.2, 0.25) is 5.02 Å². The zero-order chi connectivity index (χ0) is 15.3. The summed E-state index contributed by atoms with van der Waals surface area (Å²) in [6.07, 6.45) is 0. The quantitative estimate of drug-likeness (QED) is 0.794. The Morgan fingerprint density at radius 3 is 2.00 bits per heavy atom. The summed E-state index contributed by atoms with van der Waals surface area (Å²) >= 11 is 5.73. The predicted molar refractivity (Wildman–Crippen MR) is 83.2 cm³/mol. The second kappa shape index (κ2) is 6.74. The average Bonchev–Trinajstić information content (AvgIpc) is 2.34. The van der Waals surface area contributed by atoms with Gasteiger partial charge in [-0.25, -0.2) is 13.6 Å². The van der Waals surface area contributed by atoms with Gasteiger partial charge in [-0.2, -0.15) is 0 Å². The van der Waals surface area contributed by atoms with Gasteiger partial charge in [-0.1, -0.05) is 29.8 Å². The van der Waals surface area contributed by atoms with E-state index in [-0.39, 0.29) is 4.90 Å². The number of halogens is 1. The predicted octanol–water partition coefficient (Wildman–Crippen LogP) is 2.87. The van der Waals surface area contributed by atoms with Gasteiger partial charge in [0.15, 0.2) is 0 Å². The molecule has 2 aromatic rings. The van der Waals surface area contributed by atoms with Crippen molar-refractivity contribution in [1.82, 2.24) is 0 Å². The first-order chi connectivity index (χ1) is 9.21. The highest BCUT2D eigenvalue weighted by Crippen LogP contribution is 2.16. The van der Waals surface area contributed by atoms with Crippen molar-refractivity contribution in [2.24, 2.45) is 5.14 Å². The summed E-state index contributed by atoms with van der Waals surface area (Å²) in [5, 5.41) is 5.70. The molecule has 4 nitrogen and oxygen atoms in total. The third kappa shape index (κ3) is 4.85. The Morgan fingerprint density at radius 2 is 1.60 bits per heavy atom. The lowest BCUT2D eigenvalue weighted by molar-refractivity contribution is 0.597. The van der Waals surface area contributed by atoms with E-state index in [9.17, 15) is 8.42 Å². The molecule has 0 aromatic heterocycles. The molecule has 108 valence electrons. The van der Waals surface area contributed by atoms with Gasteiger partial charge >= 0.3 is 0 Å². The molecule has 20 heavy (non-hydrogen) atoms. The molecule has 0 spiro atoms. The molecule has 0 amide bonds. The SMILES string of the molecule is Cc1cc(N)ccc1Cl.Cc1ccccc1S(N)(=O)=O. The number of nitrogen functional groups attached to an aromatic ring is 1. The van der Waals surface area contributed by atoms with Crippen molar-refractivity contribution in [2.75, 3.05) is 5.73 Å². The van der Waals surface area contributed by atoms with Crippen molar-refractivity contribution in [3.05, 3.63) is 58.6 Å². The number of rotatable bonds is 1. The van der Waals surface area contributed by atoms with Crippen molar-refractivity contribution in [2.45, 2.75) is 18.7 Å². The Morgan fingerprint density at radius 1 is 1.00 bits per heavy atom. The number of hydrogen-bond donors (Lipinski definition) is 2. The maximum absolute atomic E-state index is 10.8. The van der Waals surface area contributed by atoms with Crippen LogP contribution >= 0.6 is 11.6 Å². The normalized spacial score (nSPS) is 10.6. The highest BCUT2D eigenvalue weighted by molar-refractivity contribution is 7.89. The standard InChI is InChI=1S/C7H8ClN.C7H9NO2S/c1-5-4-6(9)2-3-7(5)8;1-6-4-2-3-5-7(6)11(8,9)10/h2-4H,9H2,1H3;2-5H,1H3,(H2,8,9,10). The number of nitrogens with two attached hydrogens (primary N) is 2. The van der Waals surface area contributed by atoms with Crippen molar-refractivity contribution >= 4 is 27.3 Å². The van der Waals surface area contributed by atoms with Gasteiger partial charge in [0.05, 0.1) is 4.90 Å². The maximum atomic E-state index is 10.8. The molecule has 6 heteroatoms. The number of aryl methyl sites for hydroxylation is 2.